The molecule has 0 bridgehead atoms. The van der Waals surface area contributed by atoms with E-state index in [2.05, 4.69) is 93.0 Å². The second-order valence-electron chi connectivity index (χ2n) is 9.80. The number of allylic oxidation sites excluding steroid dienone is 2. The summed E-state index contributed by atoms with van der Waals surface area (Å²) in [4.78, 5) is 0. The van der Waals surface area contributed by atoms with Crippen LogP contribution in [0.3, 0.4) is 0 Å². The molecule has 0 aromatic heterocycles. The predicted octanol–water partition coefficient (Wildman–Crippen LogP) is 9.00. The number of benzene rings is 2. The van der Waals surface area contributed by atoms with Gasteiger partial charge in [-0.05, 0) is 0 Å². The van der Waals surface area contributed by atoms with Crippen LogP contribution < -0.4 is 0 Å². The quantitative estimate of drug-likeness (QED) is 0.226. The van der Waals surface area contributed by atoms with Gasteiger partial charge in [0.1, 0.15) is 0 Å². The molecule has 0 radical (unpaired) electrons. The molecule has 2 aromatic rings. The van der Waals surface area contributed by atoms with Gasteiger partial charge >= 0.3 is 159 Å². The molecule has 2 unspecified atom stereocenters. The zero-order valence-electron chi connectivity index (χ0n) is 21.5. The molecular formula is C29H44Cl2SiZr. The first-order valence-electron chi connectivity index (χ1n) is 12.6. The van der Waals surface area contributed by atoms with Crippen molar-refractivity contribution in [1.29, 1.82) is 0 Å². The largest absolute Gasteiger partial charge is 0.147 e. The summed E-state index contributed by atoms with van der Waals surface area (Å²) in [5.41, 5.74) is 9.72. The third kappa shape index (κ3) is 6.63. The maximum atomic E-state index is 2.76. The molecule has 4 rings (SSSR count). The van der Waals surface area contributed by atoms with Crippen molar-refractivity contribution in [2.24, 2.45) is 0 Å². The van der Waals surface area contributed by atoms with Crippen LogP contribution in [0.1, 0.15) is 95.7 Å². The maximum absolute atomic E-state index is 2.76. The van der Waals surface area contributed by atoms with E-state index in [0.717, 1.165) is 7.25 Å². The Hall–Kier alpha value is -0.400. The fourth-order valence-electron chi connectivity index (χ4n) is 5.81. The summed E-state index contributed by atoms with van der Waals surface area (Å²) in [6.07, 6.45) is 13.0. The minimum atomic E-state index is -2.43. The minimum absolute atomic E-state index is 0. The van der Waals surface area contributed by atoms with Crippen LogP contribution in [-0.2, 0) is 19.4 Å². The van der Waals surface area contributed by atoms with Gasteiger partial charge in [0.25, 0.3) is 0 Å². The molecule has 0 saturated heterocycles. The summed E-state index contributed by atoms with van der Waals surface area (Å²) in [6, 6.07) is 18.4. The third-order valence-electron chi connectivity index (χ3n) is 7.30. The second kappa shape index (κ2) is 14.2. The maximum Gasteiger partial charge on any atom is -0.0536 e. The van der Waals surface area contributed by atoms with Crippen molar-refractivity contribution in [2.75, 3.05) is 0 Å². The Balaban J connectivity index is 0.000000608. The monoisotopic (exact) mass is 580 g/mol. The molecule has 0 fully saturated rings. The van der Waals surface area contributed by atoms with Crippen LogP contribution in [-0.4, -0.2) is 7.37 Å². The summed E-state index contributed by atoms with van der Waals surface area (Å²) < 4.78 is 4.30. The number of fused-ring (bicyclic) bond motifs is 2. The van der Waals surface area contributed by atoms with Crippen LogP contribution in [0.15, 0.2) is 59.7 Å². The summed E-state index contributed by atoms with van der Waals surface area (Å²) in [5, 5.41) is 0. The smallest absolute Gasteiger partial charge is 0.0536 e. The van der Waals surface area contributed by atoms with Crippen LogP contribution in [0.25, 0.3) is 12.2 Å². The van der Waals surface area contributed by atoms with E-state index in [9.17, 15) is 0 Å². The first kappa shape index (κ1) is 30.6. The Morgan fingerprint density at radius 3 is 1.36 bits per heavy atom. The molecule has 0 saturated carbocycles. The zero-order valence-corrected chi connectivity index (χ0v) is 27.6. The van der Waals surface area contributed by atoms with Gasteiger partial charge in [0.05, 0.1) is 0 Å². The molecule has 0 N–H and O–H groups in total. The molecule has 0 heterocycles. The van der Waals surface area contributed by atoms with Crippen LogP contribution in [0, 0.1) is 0 Å². The number of rotatable bonds is 7. The molecule has 0 nitrogen and oxygen atoms in total. The van der Waals surface area contributed by atoms with Crippen molar-refractivity contribution < 1.29 is 19.4 Å². The zero-order chi connectivity index (χ0) is 22.4. The van der Waals surface area contributed by atoms with E-state index in [4.69, 9.17) is 0 Å². The van der Waals surface area contributed by atoms with Crippen molar-refractivity contribution in [3.8, 4) is 0 Å². The van der Waals surface area contributed by atoms with Gasteiger partial charge in [0, 0.05) is 0 Å². The van der Waals surface area contributed by atoms with E-state index >= 15 is 0 Å². The van der Waals surface area contributed by atoms with E-state index in [0.29, 0.717) is 0 Å². The molecule has 2 aliphatic carbocycles. The summed E-state index contributed by atoms with van der Waals surface area (Å²) >= 11 is -2.43. The van der Waals surface area contributed by atoms with Crippen molar-refractivity contribution >= 4 is 44.3 Å². The number of halogens is 2. The summed E-state index contributed by atoms with van der Waals surface area (Å²) in [5.74, 6) is 0. The van der Waals surface area contributed by atoms with Gasteiger partial charge in [-0.3, -0.25) is 0 Å². The molecular weight excluding hydrogens is 539 g/mol. The van der Waals surface area contributed by atoms with Gasteiger partial charge in [0.2, 0.25) is 0 Å². The van der Waals surface area contributed by atoms with Crippen LogP contribution >= 0.6 is 24.8 Å². The molecule has 2 aliphatic rings. The molecule has 0 amide bonds. The van der Waals surface area contributed by atoms with Crippen molar-refractivity contribution in [1.82, 2.24) is 0 Å². The molecule has 182 valence electrons. The van der Waals surface area contributed by atoms with Crippen LogP contribution in [0.2, 0.25) is 4.63 Å². The average molecular weight is 583 g/mol. The topological polar surface area (TPSA) is 0 Å². The van der Waals surface area contributed by atoms with Crippen molar-refractivity contribution in [3.05, 3.63) is 81.9 Å². The predicted molar refractivity (Wildman–Crippen MR) is 155 cm³/mol. The van der Waals surface area contributed by atoms with Crippen LogP contribution in [0.4, 0.5) is 0 Å². The molecule has 33 heavy (non-hydrogen) atoms. The fourth-order valence-corrected chi connectivity index (χ4v) is 26.0. The molecule has 4 heteroatoms. The Morgan fingerprint density at radius 1 is 0.667 bits per heavy atom. The van der Waals surface area contributed by atoms with Gasteiger partial charge in [-0.15, -0.1) is 24.8 Å². The van der Waals surface area contributed by atoms with Gasteiger partial charge in [-0.25, -0.2) is 0 Å². The summed E-state index contributed by atoms with van der Waals surface area (Å²) in [6.45, 7) is 9.17. The van der Waals surface area contributed by atoms with E-state index in [1.54, 1.807) is 22.3 Å². The second-order valence-corrected chi connectivity index (χ2v) is 34.3. The molecule has 2 aromatic carbocycles. The number of unbranched alkanes of at least 4 members (excludes halogenated alkanes) is 3. The Kier molecular flexibility index (Phi) is 13.2. The molecule has 0 aliphatic heterocycles. The average Bonchev–Trinajstić information content (AvgIpc) is 3.36. The van der Waals surface area contributed by atoms with Crippen molar-refractivity contribution in [2.45, 2.75) is 78.1 Å². The fraction of sp³-hybridized carbons (Fsp3) is 0.448. The van der Waals surface area contributed by atoms with Gasteiger partial charge < -0.3 is 0 Å². The van der Waals surface area contributed by atoms with E-state index < -0.39 is 19.4 Å². The van der Waals surface area contributed by atoms with E-state index in [-0.39, 0.29) is 24.8 Å². The SMILES string of the molecule is CCC1=Cc2ccccc2[CH]1[Zr]([CH3])([SiH3])[CH]1C(CC)=Cc2ccccc21.CCCCCC.Cl.Cl. The van der Waals surface area contributed by atoms with Crippen molar-refractivity contribution in [3.63, 3.8) is 0 Å². The van der Waals surface area contributed by atoms with E-state index in [1.807, 2.05) is 0 Å². The van der Waals surface area contributed by atoms with E-state index in [1.165, 1.54) is 57.0 Å². The standard InChI is InChI=1S/2C11H11.C6H14.CH3.2ClH.H3Si.Zr/c2*1-2-9-7-10-5-3-4-6-11(10)8-9;1-3-5-6-4-2;;;;;/h2*3-8H,2H2,1H3;3-6H2,1-2H3;1H3;2*1H;1H3;. The van der Waals surface area contributed by atoms with Gasteiger partial charge in [-0.2, -0.15) is 0 Å². The Bertz CT molecular complexity index is 873. The number of hydrogen-bond donors (Lipinski definition) is 0. The molecule has 0 spiro atoms. The third-order valence-corrected chi connectivity index (χ3v) is 24.8. The van der Waals surface area contributed by atoms with Crippen LogP contribution in [0.5, 0.6) is 0 Å². The first-order chi connectivity index (χ1) is 15.0. The first-order valence-corrected chi connectivity index (χ1v) is 26.2. The Morgan fingerprint density at radius 2 is 1.03 bits per heavy atom. The van der Waals surface area contributed by atoms with Gasteiger partial charge in [-0.1, -0.05) is 39.5 Å². The number of hydrogen-bond acceptors (Lipinski definition) is 0. The summed E-state index contributed by atoms with van der Waals surface area (Å²) in [7, 11) is 1.38. The van der Waals surface area contributed by atoms with Gasteiger partial charge in [0.15, 0.2) is 0 Å². The molecule has 2 atom stereocenters. The minimum Gasteiger partial charge on any atom is -0.147 e. The normalized spacial score (nSPS) is 19.5. The Labute approximate surface area is 222 Å².